The van der Waals surface area contributed by atoms with Crippen LogP contribution >= 0.6 is 23.4 Å². The Bertz CT molecular complexity index is 1300. The lowest BCUT2D eigenvalue weighted by Gasteiger charge is -2.33. The van der Waals surface area contributed by atoms with Crippen molar-refractivity contribution in [3.05, 3.63) is 101 Å². The van der Waals surface area contributed by atoms with Gasteiger partial charge in [0.1, 0.15) is 17.6 Å². The van der Waals surface area contributed by atoms with E-state index in [9.17, 15) is 4.79 Å². The number of carbonyl (C=O) groups excluding carboxylic acids is 1. The molecule has 0 unspecified atom stereocenters. The number of nitrogens with one attached hydrogen (secondary N) is 2. The summed E-state index contributed by atoms with van der Waals surface area (Å²) in [5.41, 5.74) is 6.23. The zero-order valence-corrected chi connectivity index (χ0v) is 19.9. The second-order valence-electron chi connectivity index (χ2n) is 7.89. The summed E-state index contributed by atoms with van der Waals surface area (Å²) in [5, 5.41) is 12.3. The fourth-order valence-corrected chi connectivity index (χ4v) is 4.95. The molecule has 0 saturated heterocycles. The molecule has 5 rings (SSSR count). The number of hydrogen-bond donors (Lipinski definition) is 2. The fraction of sp³-hybridized carbons (Fsp3) is 0.160. The molecular weight excluding hydrogens is 470 g/mol. The Balaban J connectivity index is 1.42. The molecule has 0 fully saturated rings. The van der Waals surface area contributed by atoms with Crippen molar-refractivity contribution in [3.63, 3.8) is 0 Å². The van der Waals surface area contributed by atoms with E-state index in [4.69, 9.17) is 16.3 Å². The Morgan fingerprint density at radius 1 is 1.09 bits per heavy atom. The molecule has 1 aliphatic heterocycles. The second-order valence-corrected chi connectivity index (χ2v) is 9.44. The maximum absolute atomic E-state index is 13.4. The molecule has 0 radical (unpaired) electrons. The number of halogens is 1. The summed E-state index contributed by atoms with van der Waals surface area (Å²) >= 11 is 7.46. The Morgan fingerprint density at radius 3 is 2.65 bits per heavy atom. The summed E-state index contributed by atoms with van der Waals surface area (Å²) in [6.45, 7) is 2.28. The third-order valence-electron chi connectivity index (χ3n) is 5.40. The molecule has 0 saturated carbocycles. The van der Waals surface area contributed by atoms with Gasteiger partial charge in [0.25, 0.3) is 0 Å². The molecule has 2 heterocycles. The number of aryl methyl sites for hydroxylation is 1. The van der Waals surface area contributed by atoms with E-state index in [1.54, 1.807) is 22.9 Å². The van der Waals surface area contributed by atoms with E-state index in [2.05, 4.69) is 20.9 Å². The van der Waals surface area contributed by atoms with Crippen LogP contribution in [0.1, 0.15) is 23.0 Å². The second kappa shape index (κ2) is 9.79. The van der Waals surface area contributed by atoms with Crippen LogP contribution in [0.5, 0.6) is 5.75 Å². The largest absolute Gasteiger partial charge is 0.486 e. The van der Waals surface area contributed by atoms with Crippen LogP contribution in [0.4, 0.5) is 5.69 Å². The normalized spacial score (nSPS) is 16.9. The van der Waals surface area contributed by atoms with Crippen LogP contribution in [0.3, 0.4) is 0 Å². The zero-order valence-electron chi connectivity index (χ0n) is 18.3. The maximum atomic E-state index is 13.4. The Morgan fingerprint density at radius 2 is 1.88 bits per heavy atom. The molecule has 9 heteroatoms. The third-order valence-corrected chi connectivity index (χ3v) is 6.85. The van der Waals surface area contributed by atoms with Gasteiger partial charge in [0.05, 0.1) is 6.04 Å². The highest BCUT2D eigenvalue weighted by molar-refractivity contribution is 8.00. The molecule has 0 bridgehead atoms. The number of rotatable bonds is 6. The molecule has 4 aromatic rings. The van der Waals surface area contributed by atoms with E-state index < -0.39 is 5.25 Å². The summed E-state index contributed by atoms with van der Waals surface area (Å²) in [7, 11) is 0. The van der Waals surface area contributed by atoms with E-state index in [1.807, 2.05) is 67.6 Å². The predicted octanol–water partition coefficient (Wildman–Crippen LogP) is 5.22. The molecule has 34 heavy (non-hydrogen) atoms. The SMILES string of the molecule is Cc1ccc([C@H]2Nn3c(COc4ccccc4)nnc3S[C@H]2C(=O)Nc2cccc(Cl)c2)cc1. The van der Waals surface area contributed by atoms with Gasteiger partial charge in [-0.3, -0.25) is 4.79 Å². The van der Waals surface area contributed by atoms with Crippen LogP contribution < -0.4 is 15.5 Å². The number of anilines is 1. The average molecular weight is 492 g/mol. The van der Waals surface area contributed by atoms with E-state index >= 15 is 0 Å². The Labute approximate surface area is 206 Å². The molecule has 2 N–H and O–H groups in total. The van der Waals surface area contributed by atoms with Crippen LogP contribution in [0, 0.1) is 6.92 Å². The number of ether oxygens (including phenoxy) is 1. The van der Waals surface area contributed by atoms with Crippen LogP contribution in [0.15, 0.2) is 84.0 Å². The van der Waals surface area contributed by atoms with Crippen LogP contribution in [-0.2, 0) is 11.4 Å². The minimum atomic E-state index is -0.485. The van der Waals surface area contributed by atoms with Gasteiger partial charge in [0.15, 0.2) is 5.82 Å². The fourth-order valence-electron chi connectivity index (χ4n) is 3.66. The summed E-state index contributed by atoms with van der Waals surface area (Å²) in [6.07, 6.45) is 0. The topological polar surface area (TPSA) is 81.1 Å². The standard InChI is InChI=1S/C25H22ClN5O2S/c1-16-10-12-17(13-11-16)22-23(24(32)27-19-7-5-6-18(26)14-19)34-25-29-28-21(31(25)30-22)15-33-20-8-3-2-4-9-20/h2-14,22-23,30H,15H2,1H3,(H,27,32)/t22-,23-/m1/s1. The number of fused-ring (bicyclic) bond motifs is 1. The van der Waals surface area contributed by atoms with Crippen molar-refractivity contribution in [2.24, 2.45) is 0 Å². The zero-order chi connectivity index (χ0) is 23.5. The molecule has 0 spiro atoms. The quantitative estimate of drug-likeness (QED) is 0.385. The van der Waals surface area contributed by atoms with Crippen molar-refractivity contribution in [2.45, 2.75) is 30.0 Å². The average Bonchev–Trinajstić information content (AvgIpc) is 3.25. The third kappa shape index (κ3) is 4.88. The van der Waals surface area contributed by atoms with Gasteiger partial charge in [-0.25, -0.2) is 4.68 Å². The van der Waals surface area contributed by atoms with Gasteiger partial charge in [-0.15, -0.1) is 10.2 Å². The first kappa shape index (κ1) is 22.3. The van der Waals surface area contributed by atoms with E-state index in [0.29, 0.717) is 21.7 Å². The van der Waals surface area contributed by atoms with Crippen molar-refractivity contribution in [3.8, 4) is 5.75 Å². The number of benzene rings is 3. The van der Waals surface area contributed by atoms with Crippen molar-refractivity contribution in [1.29, 1.82) is 0 Å². The van der Waals surface area contributed by atoms with Crippen LogP contribution in [0.25, 0.3) is 0 Å². The van der Waals surface area contributed by atoms with Crippen molar-refractivity contribution in [1.82, 2.24) is 14.9 Å². The van der Waals surface area contributed by atoms with Crippen LogP contribution in [0.2, 0.25) is 5.02 Å². The molecule has 3 aromatic carbocycles. The number of amides is 1. The minimum absolute atomic E-state index is 0.151. The summed E-state index contributed by atoms with van der Waals surface area (Å²) in [6, 6.07) is 24.5. The molecule has 1 amide bonds. The minimum Gasteiger partial charge on any atom is -0.486 e. The number of aromatic nitrogens is 3. The first-order chi connectivity index (χ1) is 16.6. The lowest BCUT2D eigenvalue weighted by atomic mass is 10.0. The number of para-hydroxylation sites is 1. The maximum Gasteiger partial charge on any atom is 0.240 e. The van der Waals surface area contributed by atoms with Gasteiger partial charge in [-0.05, 0) is 42.8 Å². The molecule has 7 nitrogen and oxygen atoms in total. The summed E-state index contributed by atoms with van der Waals surface area (Å²) in [4.78, 5) is 13.4. The Hall–Kier alpha value is -3.49. The van der Waals surface area contributed by atoms with Gasteiger partial charge < -0.3 is 15.5 Å². The van der Waals surface area contributed by atoms with E-state index in [1.165, 1.54) is 11.8 Å². The molecule has 1 aromatic heterocycles. The molecule has 2 atom stereocenters. The van der Waals surface area contributed by atoms with Crippen LogP contribution in [-0.4, -0.2) is 26.0 Å². The number of nitrogens with zero attached hydrogens (tertiary/aromatic N) is 3. The lowest BCUT2D eigenvalue weighted by molar-refractivity contribution is -0.116. The smallest absolute Gasteiger partial charge is 0.240 e. The highest BCUT2D eigenvalue weighted by Crippen LogP contribution is 2.38. The monoisotopic (exact) mass is 491 g/mol. The summed E-state index contributed by atoms with van der Waals surface area (Å²) < 4.78 is 7.68. The lowest BCUT2D eigenvalue weighted by Crippen LogP contribution is -2.41. The molecule has 1 aliphatic rings. The van der Waals surface area contributed by atoms with Gasteiger partial charge >= 0.3 is 0 Å². The molecule has 172 valence electrons. The number of carbonyl (C=O) groups is 1. The highest BCUT2D eigenvalue weighted by atomic mass is 35.5. The van der Waals surface area contributed by atoms with E-state index in [-0.39, 0.29) is 18.6 Å². The molecular formula is C25H22ClN5O2S. The van der Waals surface area contributed by atoms with Gasteiger partial charge in [-0.1, -0.05) is 77.5 Å². The first-order valence-electron chi connectivity index (χ1n) is 10.8. The predicted molar refractivity (Wildman–Crippen MR) is 134 cm³/mol. The first-order valence-corrected chi connectivity index (χ1v) is 12.0. The van der Waals surface area contributed by atoms with Gasteiger partial charge in [0.2, 0.25) is 11.1 Å². The van der Waals surface area contributed by atoms with Crippen molar-refractivity contribution < 1.29 is 9.53 Å². The number of thioether (sulfide) groups is 1. The number of hydrogen-bond acceptors (Lipinski definition) is 6. The van der Waals surface area contributed by atoms with E-state index in [0.717, 1.165) is 16.9 Å². The summed E-state index contributed by atoms with van der Waals surface area (Å²) in [5.74, 6) is 1.22. The molecule has 0 aliphatic carbocycles. The van der Waals surface area contributed by atoms with Gasteiger partial charge in [0, 0.05) is 10.7 Å². The van der Waals surface area contributed by atoms with Gasteiger partial charge in [-0.2, -0.15) is 0 Å². The van der Waals surface area contributed by atoms with Crippen molar-refractivity contribution in [2.75, 3.05) is 10.7 Å². The Kier molecular flexibility index (Phi) is 6.42. The van der Waals surface area contributed by atoms with Crippen molar-refractivity contribution >= 4 is 35.0 Å². The highest BCUT2D eigenvalue weighted by Gasteiger charge is 2.38.